The van der Waals surface area contributed by atoms with Crippen LogP contribution in [0.25, 0.3) is 0 Å². The summed E-state index contributed by atoms with van der Waals surface area (Å²) >= 11 is 0. The lowest BCUT2D eigenvalue weighted by atomic mass is 9.86. The molecule has 0 aromatic heterocycles. The summed E-state index contributed by atoms with van der Waals surface area (Å²) in [6.07, 6.45) is 11.4. The van der Waals surface area contributed by atoms with Crippen LogP contribution in [0.4, 0.5) is 0 Å². The van der Waals surface area contributed by atoms with Crippen LogP contribution in [0.2, 0.25) is 0 Å². The molecule has 0 radical (unpaired) electrons. The first kappa shape index (κ1) is 14.3. The van der Waals surface area contributed by atoms with Gasteiger partial charge in [-0.2, -0.15) is 0 Å². The summed E-state index contributed by atoms with van der Waals surface area (Å²) in [5.74, 6) is 0. The lowest BCUT2D eigenvalue weighted by Crippen LogP contribution is -2.52. The van der Waals surface area contributed by atoms with Crippen molar-refractivity contribution >= 4 is 0 Å². The van der Waals surface area contributed by atoms with Crippen molar-refractivity contribution in [2.45, 2.75) is 83.3 Å². The summed E-state index contributed by atoms with van der Waals surface area (Å²) in [5.41, 5.74) is 0.457. The van der Waals surface area contributed by atoms with Gasteiger partial charge in [0.05, 0.1) is 0 Å². The Kier molecular flexibility index (Phi) is 4.71. The fourth-order valence-electron chi connectivity index (χ4n) is 4.32. The summed E-state index contributed by atoms with van der Waals surface area (Å²) in [7, 11) is 4.53. The Hall–Kier alpha value is -0.0800. The maximum Gasteiger partial charge on any atom is 0.0271 e. The summed E-state index contributed by atoms with van der Waals surface area (Å²) < 4.78 is 0. The third-order valence-electron chi connectivity index (χ3n) is 5.55. The normalized spacial score (nSPS) is 33.8. The largest absolute Gasteiger partial charge is 0.315 e. The zero-order valence-electron chi connectivity index (χ0n) is 12.8. The van der Waals surface area contributed by atoms with Crippen molar-refractivity contribution in [2.75, 3.05) is 14.1 Å². The highest BCUT2D eigenvalue weighted by Gasteiger charge is 2.43. The summed E-state index contributed by atoms with van der Waals surface area (Å²) in [6, 6.07) is 2.24. The van der Waals surface area contributed by atoms with Gasteiger partial charge in [-0.25, -0.2) is 0 Å². The molecule has 18 heavy (non-hydrogen) atoms. The first-order valence-electron chi connectivity index (χ1n) is 7.95. The fraction of sp³-hybridized carbons (Fsp3) is 1.00. The Balaban J connectivity index is 2.01. The molecule has 0 aliphatic heterocycles. The van der Waals surface area contributed by atoms with E-state index in [1.54, 1.807) is 0 Å². The molecule has 2 rings (SSSR count). The molecule has 2 aliphatic carbocycles. The summed E-state index contributed by atoms with van der Waals surface area (Å²) in [5, 5.41) is 3.60. The Morgan fingerprint density at radius 3 is 2.17 bits per heavy atom. The average molecular weight is 252 g/mol. The molecule has 0 amide bonds. The second kappa shape index (κ2) is 5.92. The minimum absolute atomic E-state index is 0.457. The molecule has 0 bridgehead atoms. The van der Waals surface area contributed by atoms with E-state index in [4.69, 9.17) is 0 Å². The maximum absolute atomic E-state index is 3.60. The summed E-state index contributed by atoms with van der Waals surface area (Å²) in [4.78, 5) is 2.72. The van der Waals surface area contributed by atoms with E-state index in [2.05, 4.69) is 38.2 Å². The Labute approximate surface area is 114 Å². The standard InChI is InChI=1S/C16H32N2/c1-16(2)12-11-14(15(16)17-3)18(4)13-9-7-5-6-8-10-13/h13-15,17H,5-12H2,1-4H3. The molecule has 0 heterocycles. The zero-order chi connectivity index (χ0) is 13.2. The van der Waals surface area contributed by atoms with E-state index in [1.165, 1.54) is 51.4 Å². The van der Waals surface area contributed by atoms with Crippen LogP contribution in [0.1, 0.15) is 65.2 Å². The van der Waals surface area contributed by atoms with Gasteiger partial charge in [-0.05, 0) is 45.2 Å². The van der Waals surface area contributed by atoms with Crippen molar-refractivity contribution in [1.82, 2.24) is 10.2 Å². The fourth-order valence-corrected chi connectivity index (χ4v) is 4.32. The molecule has 2 nitrogen and oxygen atoms in total. The molecule has 2 saturated carbocycles. The highest BCUT2D eigenvalue weighted by molar-refractivity contribution is 5.01. The van der Waals surface area contributed by atoms with E-state index in [0.717, 1.165) is 12.1 Å². The van der Waals surface area contributed by atoms with Crippen LogP contribution >= 0.6 is 0 Å². The molecular formula is C16H32N2. The van der Waals surface area contributed by atoms with E-state index in [1.807, 2.05) is 0 Å². The van der Waals surface area contributed by atoms with Crippen LogP contribution in [0, 0.1) is 5.41 Å². The molecule has 0 saturated heterocycles. The van der Waals surface area contributed by atoms with Crippen molar-refractivity contribution < 1.29 is 0 Å². The Morgan fingerprint density at radius 2 is 1.61 bits per heavy atom. The Morgan fingerprint density at radius 1 is 1.00 bits per heavy atom. The molecule has 2 atom stereocenters. The van der Waals surface area contributed by atoms with Crippen molar-refractivity contribution in [2.24, 2.45) is 5.41 Å². The molecule has 2 aliphatic rings. The maximum atomic E-state index is 3.60. The van der Waals surface area contributed by atoms with Gasteiger partial charge < -0.3 is 5.32 Å². The second-order valence-corrected chi connectivity index (χ2v) is 7.17. The molecular weight excluding hydrogens is 220 g/mol. The minimum Gasteiger partial charge on any atom is -0.315 e. The molecule has 0 aromatic rings. The molecule has 1 N–H and O–H groups in total. The van der Waals surface area contributed by atoms with Crippen LogP contribution in [0.5, 0.6) is 0 Å². The topological polar surface area (TPSA) is 15.3 Å². The van der Waals surface area contributed by atoms with Crippen LogP contribution in [0.15, 0.2) is 0 Å². The monoisotopic (exact) mass is 252 g/mol. The number of hydrogen-bond donors (Lipinski definition) is 1. The zero-order valence-corrected chi connectivity index (χ0v) is 12.8. The Bertz CT molecular complexity index is 254. The quantitative estimate of drug-likeness (QED) is 0.774. The lowest BCUT2D eigenvalue weighted by molar-refractivity contribution is 0.122. The molecule has 0 spiro atoms. The molecule has 0 aromatic carbocycles. The van der Waals surface area contributed by atoms with Crippen LogP contribution < -0.4 is 5.32 Å². The van der Waals surface area contributed by atoms with E-state index in [9.17, 15) is 0 Å². The third kappa shape index (κ3) is 2.91. The van der Waals surface area contributed by atoms with Crippen molar-refractivity contribution in [3.8, 4) is 0 Å². The van der Waals surface area contributed by atoms with Gasteiger partial charge in [-0.1, -0.05) is 39.5 Å². The van der Waals surface area contributed by atoms with Crippen molar-refractivity contribution in [3.63, 3.8) is 0 Å². The van der Waals surface area contributed by atoms with Gasteiger partial charge in [0, 0.05) is 18.1 Å². The number of likely N-dealkylation sites (N-methyl/N-ethyl adjacent to an activating group) is 2. The summed E-state index contributed by atoms with van der Waals surface area (Å²) in [6.45, 7) is 4.85. The van der Waals surface area contributed by atoms with Gasteiger partial charge >= 0.3 is 0 Å². The van der Waals surface area contributed by atoms with Gasteiger partial charge in [-0.15, -0.1) is 0 Å². The second-order valence-electron chi connectivity index (χ2n) is 7.17. The highest BCUT2D eigenvalue weighted by atomic mass is 15.2. The molecule has 2 fully saturated rings. The van der Waals surface area contributed by atoms with E-state index < -0.39 is 0 Å². The number of hydrogen-bond acceptors (Lipinski definition) is 2. The lowest BCUT2D eigenvalue weighted by Gasteiger charge is -2.39. The van der Waals surface area contributed by atoms with Crippen molar-refractivity contribution in [3.05, 3.63) is 0 Å². The highest BCUT2D eigenvalue weighted by Crippen LogP contribution is 2.40. The SMILES string of the molecule is CNC1C(N(C)C2CCCCCC2)CCC1(C)C. The van der Waals surface area contributed by atoms with E-state index in [0.29, 0.717) is 11.5 Å². The van der Waals surface area contributed by atoms with E-state index in [-0.39, 0.29) is 0 Å². The van der Waals surface area contributed by atoms with Crippen LogP contribution in [-0.4, -0.2) is 37.1 Å². The predicted molar refractivity (Wildman–Crippen MR) is 78.9 cm³/mol. The van der Waals surface area contributed by atoms with Crippen molar-refractivity contribution in [1.29, 1.82) is 0 Å². The first-order valence-corrected chi connectivity index (χ1v) is 7.95. The molecule has 2 unspecified atom stereocenters. The smallest absolute Gasteiger partial charge is 0.0271 e. The number of nitrogens with zero attached hydrogens (tertiary/aromatic N) is 1. The molecule has 2 heteroatoms. The minimum atomic E-state index is 0.457. The van der Waals surface area contributed by atoms with Crippen LogP contribution in [-0.2, 0) is 0 Å². The van der Waals surface area contributed by atoms with E-state index >= 15 is 0 Å². The van der Waals surface area contributed by atoms with Gasteiger partial charge in [0.2, 0.25) is 0 Å². The first-order chi connectivity index (χ1) is 8.56. The number of rotatable bonds is 3. The van der Waals surface area contributed by atoms with Gasteiger partial charge in [0.25, 0.3) is 0 Å². The van der Waals surface area contributed by atoms with Gasteiger partial charge in [0.15, 0.2) is 0 Å². The van der Waals surface area contributed by atoms with Gasteiger partial charge in [0.1, 0.15) is 0 Å². The average Bonchev–Trinajstić information content (AvgIpc) is 2.55. The number of nitrogens with one attached hydrogen (secondary N) is 1. The third-order valence-corrected chi connectivity index (χ3v) is 5.55. The molecule has 106 valence electrons. The van der Waals surface area contributed by atoms with Gasteiger partial charge in [-0.3, -0.25) is 4.90 Å². The van der Waals surface area contributed by atoms with Crippen LogP contribution in [0.3, 0.4) is 0 Å². The predicted octanol–water partition coefficient (Wildman–Crippen LogP) is 3.42.